The van der Waals surface area contributed by atoms with Gasteiger partial charge in [0.2, 0.25) is 5.91 Å². The number of benzene rings is 2. The van der Waals surface area contributed by atoms with Gasteiger partial charge in [0, 0.05) is 30.9 Å². The van der Waals surface area contributed by atoms with Crippen molar-refractivity contribution < 1.29 is 13.9 Å². The van der Waals surface area contributed by atoms with Crippen molar-refractivity contribution in [2.24, 2.45) is 0 Å². The molecule has 2 aromatic rings. The molecule has 0 aromatic heterocycles. The molecule has 1 atom stereocenters. The predicted octanol–water partition coefficient (Wildman–Crippen LogP) is 3.79. The summed E-state index contributed by atoms with van der Waals surface area (Å²) in [4.78, 5) is 14.6. The molecular weight excluding hydrogens is 319 g/mol. The Morgan fingerprint density at radius 1 is 1.20 bits per heavy atom. The molecule has 0 radical (unpaired) electrons. The van der Waals surface area contributed by atoms with Gasteiger partial charge in [0.05, 0.1) is 13.2 Å². The minimum atomic E-state index is -0.264. The van der Waals surface area contributed by atoms with Crippen LogP contribution in [0.5, 0.6) is 0 Å². The van der Waals surface area contributed by atoms with E-state index in [1.807, 2.05) is 31.2 Å². The highest BCUT2D eigenvalue weighted by molar-refractivity contribution is 5.91. The molecule has 0 saturated carbocycles. The molecule has 0 spiro atoms. The first-order chi connectivity index (χ1) is 12.1. The fourth-order valence-electron chi connectivity index (χ4n) is 3.00. The van der Waals surface area contributed by atoms with Crippen molar-refractivity contribution in [1.29, 1.82) is 0 Å². The molecule has 1 fully saturated rings. The minimum Gasteiger partial charge on any atom is -0.378 e. The van der Waals surface area contributed by atoms with Crippen LogP contribution in [0.2, 0.25) is 0 Å². The van der Waals surface area contributed by atoms with Crippen LogP contribution >= 0.6 is 0 Å². The van der Waals surface area contributed by atoms with Crippen molar-refractivity contribution in [3.05, 3.63) is 59.9 Å². The molecule has 1 aliphatic heterocycles. The summed E-state index contributed by atoms with van der Waals surface area (Å²) in [5, 5.41) is 2.96. The lowest BCUT2D eigenvalue weighted by molar-refractivity contribution is -0.116. The molecule has 1 N–H and O–H groups in total. The van der Waals surface area contributed by atoms with E-state index in [0.29, 0.717) is 6.42 Å². The van der Waals surface area contributed by atoms with Gasteiger partial charge in [-0.15, -0.1) is 0 Å². The quantitative estimate of drug-likeness (QED) is 0.899. The van der Waals surface area contributed by atoms with Crippen LogP contribution in [0.4, 0.5) is 15.8 Å². The average molecular weight is 342 g/mol. The fourth-order valence-corrected chi connectivity index (χ4v) is 3.00. The third kappa shape index (κ3) is 4.79. The van der Waals surface area contributed by atoms with E-state index in [1.54, 1.807) is 12.1 Å². The molecule has 1 saturated heterocycles. The molecule has 1 aliphatic rings. The smallest absolute Gasteiger partial charge is 0.224 e. The molecule has 0 bridgehead atoms. The van der Waals surface area contributed by atoms with E-state index in [1.165, 1.54) is 12.1 Å². The van der Waals surface area contributed by atoms with Gasteiger partial charge in [-0.25, -0.2) is 4.39 Å². The highest BCUT2D eigenvalue weighted by Gasteiger charge is 2.14. The third-order valence-electron chi connectivity index (χ3n) is 4.44. The number of hydrogen-bond acceptors (Lipinski definition) is 3. The number of anilines is 2. The predicted molar refractivity (Wildman–Crippen MR) is 97.5 cm³/mol. The summed E-state index contributed by atoms with van der Waals surface area (Å²) in [7, 11) is 0. The largest absolute Gasteiger partial charge is 0.378 e. The second kappa shape index (κ2) is 8.12. The van der Waals surface area contributed by atoms with Crippen LogP contribution in [-0.2, 0) is 9.53 Å². The van der Waals surface area contributed by atoms with E-state index in [2.05, 4.69) is 10.2 Å². The van der Waals surface area contributed by atoms with E-state index in [0.717, 1.165) is 43.2 Å². The fraction of sp³-hybridized carbons (Fsp3) is 0.350. The third-order valence-corrected chi connectivity index (χ3v) is 4.44. The Morgan fingerprint density at radius 3 is 2.64 bits per heavy atom. The molecule has 1 heterocycles. The van der Waals surface area contributed by atoms with E-state index in [4.69, 9.17) is 4.74 Å². The van der Waals surface area contributed by atoms with Gasteiger partial charge < -0.3 is 15.0 Å². The van der Waals surface area contributed by atoms with Crippen molar-refractivity contribution in [3.63, 3.8) is 0 Å². The Labute approximate surface area is 147 Å². The van der Waals surface area contributed by atoms with E-state index in [-0.39, 0.29) is 17.6 Å². The number of hydrogen-bond donors (Lipinski definition) is 1. The van der Waals surface area contributed by atoms with Crippen LogP contribution in [0.15, 0.2) is 48.5 Å². The second-order valence-corrected chi connectivity index (χ2v) is 6.35. The first-order valence-corrected chi connectivity index (χ1v) is 8.60. The Bertz CT molecular complexity index is 712. The Kier molecular flexibility index (Phi) is 5.66. The summed E-state index contributed by atoms with van der Waals surface area (Å²) in [6.45, 7) is 5.15. The molecule has 132 valence electrons. The van der Waals surface area contributed by atoms with Crippen LogP contribution in [0.1, 0.15) is 24.8 Å². The maximum Gasteiger partial charge on any atom is 0.224 e. The number of halogens is 1. The zero-order valence-corrected chi connectivity index (χ0v) is 14.4. The number of nitrogens with one attached hydrogen (secondary N) is 1. The summed E-state index contributed by atoms with van der Waals surface area (Å²) in [5.41, 5.74) is 2.84. The number of nitrogens with zero attached hydrogens (tertiary/aromatic N) is 1. The van der Waals surface area contributed by atoms with E-state index < -0.39 is 0 Å². The van der Waals surface area contributed by atoms with Crippen LogP contribution in [0, 0.1) is 5.82 Å². The van der Waals surface area contributed by atoms with Gasteiger partial charge >= 0.3 is 0 Å². The molecule has 4 nitrogen and oxygen atoms in total. The van der Waals surface area contributed by atoms with Crippen molar-refractivity contribution in [1.82, 2.24) is 0 Å². The molecule has 25 heavy (non-hydrogen) atoms. The average Bonchev–Trinajstić information content (AvgIpc) is 2.63. The van der Waals surface area contributed by atoms with Crippen molar-refractivity contribution in [2.75, 3.05) is 36.5 Å². The number of rotatable bonds is 5. The van der Waals surface area contributed by atoms with Crippen molar-refractivity contribution in [3.8, 4) is 0 Å². The van der Waals surface area contributed by atoms with Gasteiger partial charge in [-0.3, -0.25) is 4.79 Å². The number of carbonyl (C=O) groups is 1. The summed E-state index contributed by atoms with van der Waals surface area (Å²) >= 11 is 0. The summed E-state index contributed by atoms with van der Waals surface area (Å²) < 4.78 is 18.4. The SMILES string of the molecule is CC(CC(=O)Nc1cccc(N2CCOCC2)c1)c1ccc(F)cc1. The molecule has 3 rings (SSSR count). The number of amides is 1. The molecular formula is C20H23FN2O2. The van der Waals surface area contributed by atoms with Gasteiger partial charge in [0.1, 0.15) is 5.82 Å². The Hall–Kier alpha value is -2.40. The molecule has 0 aliphatic carbocycles. The van der Waals surface area contributed by atoms with Crippen LogP contribution in [-0.4, -0.2) is 32.2 Å². The van der Waals surface area contributed by atoms with Crippen molar-refractivity contribution >= 4 is 17.3 Å². The van der Waals surface area contributed by atoms with Gasteiger partial charge in [0.15, 0.2) is 0 Å². The van der Waals surface area contributed by atoms with Crippen LogP contribution in [0.3, 0.4) is 0 Å². The summed E-state index contributed by atoms with van der Waals surface area (Å²) in [5.74, 6) is -0.278. The summed E-state index contributed by atoms with van der Waals surface area (Å²) in [6.07, 6.45) is 0.355. The normalized spacial score (nSPS) is 15.7. The Morgan fingerprint density at radius 2 is 1.92 bits per heavy atom. The summed E-state index contributed by atoms with van der Waals surface area (Å²) in [6, 6.07) is 14.2. The zero-order valence-electron chi connectivity index (χ0n) is 14.4. The number of ether oxygens (including phenoxy) is 1. The molecule has 1 unspecified atom stereocenters. The highest BCUT2D eigenvalue weighted by Crippen LogP contribution is 2.23. The lowest BCUT2D eigenvalue weighted by Crippen LogP contribution is -2.36. The van der Waals surface area contributed by atoms with Crippen LogP contribution < -0.4 is 10.2 Å². The lowest BCUT2D eigenvalue weighted by Gasteiger charge is -2.29. The van der Waals surface area contributed by atoms with Gasteiger partial charge in [-0.1, -0.05) is 25.1 Å². The maximum absolute atomic E-state index is 13.0. The standard InChI is InChI=1S/C20H23FN2O2/c1-15(16-5-7-17(21)8-6-16)13-20(24)22-18-3-2-4-19(14-18)23-9-11-25-12-10-23/h2-8,14-15H,9-13H2,1H3,(H,22,24). The van der Waals surface area contributed by atoms with Gasteiger partial charge in [-0.2, -0.15) is 0 Å². The lowest BCUT2D eigenvalue weighted by atomic mass is 9.97. The monoisotopic (exact) mass is 342 g/mol. The Balaban J connectivity index is 1.59. The zero-order chi connectivity index (χ0) is 17.6. The minimum absolute atomic E-state index is 0.0306. The maximum atomic E-state index is 13.0. The van der Waals surface area contributed by atoms with Gasteiger partial charge in [0.25, 0.3) is 0 Å². The number of carbonyl (C=O) groups excluding carboxylic acids is 1. The second-order valence-electron chi connectivity index (χ2n) is 6.35. The topological polar surface area (TPSA) is 41.6 Å². The molecule has 2 aromatic carbocycles. The molecule has 1 amide bonds. The van der Waals surface area contributed by atoms with Crippen molar-refractivity contribution in [2.45, 2.75) is 19.3 Å². The van der Waals surface area contributed by atoms with Gasteiger partial charge in [-0.05, 0) is 41.8 Å². The van der Waals surface area contributed by atoms with E-state index in [9.17, 15) is 9.18 Å². The van der Waals surface area contributed by atoms with E-state index >= 15 is 0 Å². The first kappa shape index (κ1) is 17.4. The highest BCUT2D eigenvalue weighted by atomic mass is 19.1. The van der Waals surface area contributed by atoms with Crippen LogP contribution in [0.25, 0.3) is 0 Å². The number of morpholine rings is 1. The molecule has 5 heteroatoms. The first-order valence-electron chi connectivity index (χ1n) is 8.60.